The summed E-state index contributed by atoms with van der Waals surface area (Å²) in [4.78, 5) is 2.30. The number of aryl methyl sites for hydroxylation is 1. The maximum absolute atomic E-state index is 6.21. The molecule has 0 aliphatic heterocycles. The quantitative estimate of drug-likeness (QED) is 0.840. The highest BCUT2D eigenvalue weighted by molar-refractivity contribution is 7.07. The van der Waals surface area contributed by atoms with Gasteiger partial charge in [0.25, 0.3) is 0 Å². The third-order valence-electron chi connectivity index (χ3n) is 3.23. The lowest BCUT2D eigenvalue weighted by Crippen LogP contribution is -2.35. The molecule has 0 saturated heterocycles. The van der Waals surface area contributed by atoms with E-state index in [1.807, 2.05) is 0 Å². The molecule has 1 unspecified atom stereocenters. The molecule has 1 atom stereocenters. The van der Waals surface area contributed by atoms with E-state index in [4.69, 9.17) is 5.73 Å². The largest absolute Gasteiger partial charge is 0.327 e. The van der Waals surface area contributed by atoms with Crippen LogP contribution in [0.15, 0.2) is 47.2 Å². The summed E-state index contributed by atoms with van der Waals surface area (Å²) in [5, 5.41) is 4.32. The summed E-state index contributed by atoms with van der Waals surface area (Å²) in [6.45, 7) is 1.94. The van der Waals surface area contributed by atoms with Crippen molar-refractivity contribution in [1.29, 1.82) is 0 Å². The Labute approximate surface area is 119 Å². The van der Waals surface area contributed by atoms with E-state index >= 15 is 0 Å². The fraction of sp³-hybridized carbons (Fsp3) is 0.375. The van der Waals surface area contributed by atoms with E-state index in [-0.39, 0.29) is 6.04 Å². The molecule has 0 spiro atoms. The number of hydrogen-bond donors (Lipinski definition) is 1. The molecule has 19 heavy (non-hydrogen) atoms. The van der Waals surface area contributed by atoms with Gasteiger partial charge in [-0.1, -0.05) is 30.3 Å². The number of likely N-dealkylation sites (N-methyl/N-ethyl adjacent to an activating group) is 1. The van der Waals surface area contributed by atoms with E-state index in [1.165, 1.54) is 11.1 Å². The van der Waals surface area contributed by atoms with Crippen molar-refractivity contribution in [2.75, 3.05) is 13.6 Å². The van der Waals surface area contributed by atoms with Crippen molar-refractivity contribution in [2.45, 2.75) is 25.4 Å². The van der Waals surface area contributed by atoms with Gasteiger partial charge in [-0.25, -0.2) is 0 Å². The second kappa shape index (κ2) is 7.43. The van der Waals surface area contributed by atoms with Crippen LogP contribution in [0.3, 0.4) is 0 Å². The molecule has 1 aromatic heterocycles. The number of benzene rings is 1. The van der Waals surface area contributed by atoms with Gasteiger partial charge in [0.1, 0.15) is 0 Å². The first-order valence-corrected chi connectivity index (χ1v) is 7.67. The van der Waals surface area contributed by atoms with Crippen LogP contribution >= 0.6 is 11.3 Å². The Bertz CT molecular complexity index is 453. The molecular formula is C16H22N2S. The normalized spacial score (nSPS) is 12.8. The smallest absolute Gasteiger partial charge is 0.0239 e. The topological polar surface area (TPSA) is 29.3 Å². The Morgan fingerprint density at radius 1 is 1.16 bits per heavy atom. The first-order valence-electron chi connectivity index (χ1n) is 6.73. The molecule has 0 saturated carbocycles. The van der Waals surface area contributed by atoms with Gasteiger partial charge in [-0.15, -0.1) is 0 Å². The van der Waals surface area contributed by atoms with Crippen LogP contribution in [0.5, 0.6) is 0 Å². The SMILES string of the molecule is CN(Cc1ccsc1)CC(N)CCc1ccccc1. The van der Waals surface area contributed by atoms with Crippen molar-refractivity contribution in [3.05, 3.63) is 58.3 Å². The average Bonchev–Trinajstić information content (AvgIpc) is 2.90. The minimum Gasteiger partial charge on any atom is -0.327 e. The molecule has 2 rings (SSSR count). The molecule has 2 nitrogen and oxygen atoms in total. The lowest BCUT2D eigenvalue weighted by atomic mass is 10.1. The molecule has 0 aliphatic carbocycles. The standard InChI is InChI=1S/C16H22N2S/c1-18(11-15-9-10-19-13-15)12-16(17)8-7-14-5-3-2-4-6-14/h2-6,9-10,13,16H,7-8,11-12,17H2,1H3. The van der Waals surface area contributed by atoms with Gasteiger partial charge in [0.05, 0.1) is 0 Å². The minimum absolute atomic E-state index is 0.240. The van der Waals surface area contributed by atoms with Crippen molar-refractivity contribution in [3.8, 4) is 0 Å². The van der Waals surface area contributed by atoms with Gasteiger partial charge < -0.3 is 10.6 Å². The first-order chi connectivity index (χ1) is 9.24. The number of rotatable bonds is 7. The van der Waals surface area contributed by atoms with E-state index in [0.717, 1.165) is 25.9 Å². The summed E-state index contributed by atoms with van der Waals surface area (Å²) in [6.07, 6.45) is 2.10. The monoisotopic (exact) mass is 274 g/mol. The third-order valence-corrected chi connectivity index (χ3v) is 3.96. The van der Waals surface area contributed by atoms with Crippen molar-refractivity contribution < 1.29 is 0 Å². The minimum atomic E-state index is 0.240. The molecular weight excluding hydrogens is 252 g/mol. The van der Waals surface area contributed by atoms with Crippen LogP contribution in [0.1, 0.15) is 17.5 Å². The highest BCUT2D eigenvalue weighted by atomic mass is 32.1. The predicted molar refractivity (Wildman–Crippen MR) is 83.4 cm³/mol. The highest BCUT2D eigenvalue weighted by Gasteiger charge is 2.08. The van der Waals surface area contributed by atoms with E-state index < -0.39 is 0 Å². The van der Waals surface area contributed by atoms with Gasteiger partial charge in [-0.3, -0.25) is 0 Å². The number of hydrogen-bond acceptors (Lipinski definition) is 3. The second-order valence-electron chi connectivity index (χ2n) is 5.11. The highest BCUT2D eigenvalue weighted by Crippen LogP contribution is 2.09. The summed E-state index contributed by atoms with van der Waals surface area (Å²) >= 11 is 1.75. The molecule has 0 aliphatic rings. The molecule has 102 valence electrons. The Kier molecular flexibility index (Phi) is 5.58. The number of nitrogens with zero attached hydrogens (tertiary/aromatic N) is 1. The van der Waals surface area contributed by atoms with Gasteiger partial charge in [0.15, 0.2) is 0 Å². The van der Waals surface area contributed by atoms with Gasteiger partial charge in [-0.05, 0) is 47.8 Å². The van der Waals surface area contributed by atoms with Gasteiger partial charge in [0.2, 0.25) is 0 Å². The number of nitrogens with two attached hydrogens (primary N) is 1. The summed E-state index contributed by atoms with van der Waals surface area (Å²) in [7, 11) is 2.14. The summed E-state index contributed by atoms with van der Waals surface area (Å²) in [5.41, 5.74) is 8.96. The van der Waals surface area contributed by atoms with Crippen LogP contribution in [-0.2, 0) is 13.0 Å². The fourth-order valence-corrected chi connectivity index (χ4v) is 2.91. The van der Waals surface area contributed by atoms with Crippen molar-refractivity contribution >= 4 is 11.3 Å². The van der Waals surface area contributed by atoms with E-state index in [9.17, 15) is 0 Å². The molecule has 0 amide bonds. The summed E-state index contributed by atoms with van der Waals surface area (Å²) in [5.74, 6) is 0. The molecule has 1 aromatic carbocycles. The van der Waals surface area contributed by atoms with Crippen molar-refractivity contribution in [3.63, 3.8) is 0 Å². The van der Waals surface area contributed by atoms with Crippen molar-refractivity contribution in [2.24, 2.45) is 5.73 Å². The zero-order valence-corrected chi connectivity index (χ0v) is 12.3. The molecule has 2 N–H and O–H groups in total. The van der Waals surface area contributed by atoms with E-state index in [1.54, 1.807) is 11.3 Å². The zero-order valence-electron chi connectivity index (χ0n) is 11.5. The number of thiophene rings is 1. The summed E-state index contributed by atoms with van der Waals surface area (Å²) < 4.78 is 0. The van der Waals surface area contributed by atoms with Crippen LogP contribution in [0.25, 0.3) is 0 Å². The molecule has 1 heterocycles. The maximum Gasteiger partial charge on any atom is 0.0239 e. The second-order valence-corrected chi connectivity index (χ2v) is 5.89. The fourth-order valence-electron chi connectivity index (χ4n) is 2.25. The average molecular weight is 274 g/mol. The van der Waals surface area contributed by atoms with Crippen LogP contribution in [0.4, 0.5) is 0 Å². The lowest BCUT2D eigenvalue weighted by Gasteiger charge is -2.20. The Morgan fingerprint density at radius 2 is 1.95 bits per heavy atom. The molecule has 0 bridgehead atoms. The zero-order chi connectivity index (χ0) is 13.5. The van der Waals surface area contributed by atoms with E-state index in [2.05, 4.69) is 59.1 Å². The van der Waals surface area contributed by atoms with Gasteiger partial charge in [0, 0.05) is 19.1 Å². The van der Waals surface area contributed by atoms with Gasteiger partial charge >= 0.3 is 0 Å². The maximum atomic E-state index is 6.21. The Morgan fingerprint density at radius 3 is 2.63 bits per heavy atom. The van der Waals surface area contributed by atoms with Crippen LogP contribution in [0, 0.1) is 0 Å². The lowest BCUT2D eigenvalue weighted by molar-refractivity contribution is 0.298. The van der Waals surface area contributed by atoms with Crippen LogP contribution in [-0.4, -0.2) is 24.5 Å². The van der Waals surface area contributed by atoms with Crippen molar-refractivity contribution in [1.82, 2.24) is 4.90 Å². The predicted octanol–water partition coefficient (Wildman–Crippen LogP) is 3.14. The molecule has 3 heteroatoms. The third kappa shape index (κ3) is 5.15. The Hall–Kier alpha value is -1.16. The molecule has 2 aromatic rings. The van der Waals surface area contributed by atoms with Crippen LogP contribution in [0.2, 0.25) is 0 Å². The summed E-state index contributed by atoms with van der Waals surface area (Å²) in [6, 6.07) is 13.0. The van der Waals surface area contributed by atoms with E-state index in [0.29, 0.717) is 0 Å². The van der Waals surface area contributed by atoms with Gasteiger partial charge in [-0.2, -0.15) is 11.3 Å². The molecule has 0 fully saturated rings. The first kappa shape index (κ1) is 14.3. The molecule has 0 radical (unpaired) electrons. The van der Waals surface area contributed by atoms with Crippen LogP contribution < -0.4 is 5.73 Å². The Balaban J connectivity index is 1.70.